The van der Waals surface area contributed by atoms with Crippen LogP contribution in [0.2, 0.25) is 0 Å². The normalized spacial score (nSPS) is 23.7. The number of hydrogen-bond donors (Lipinski definition) is 1. The molecule has 1 N–H and O–H groups in total. The summed E-state index contributed by atoms with van der Waals surface area (Å²) < 4.78 is 1.05. The molecule has 0 heterocycles. The zero-order chi connectivity index (χ0) is 13.1. The fraction of sp³-hybridized carbons (Fsp3) is 0.533. The molecule has 98 valence electrons. The zero-order valence-corrected chi connectivity index (χ0v) is 12.6. The number of nitrogens with one attached hydrogen (secondary N) is 1. The predicted octanol–water partition coefficient (Wildman–Crippen LogP) is 4.07. The van der Waals surface area contributed by atoms with Gasteiger partial charge in [-0.2, -0.15) is 0 Å². The van der Waals surface area contributed by atoms with Gasteiger partial charge in [-0.3, -0.25) is 4.79 Å². The molecule has 3 heteroatoms. The van der Waals surface area contributed by atoms with E-state index in [9.17, 15) is 4.79 Å². The lowest BCUT2D eigenvalue weighted by atomic mass is 9.87. The molecule has 1 amide bonds. The largest absolute Gasteiger partial charge is 0.349 e. The van der Waals surface area contributed by atoms with Crippen molar-refractivity contribution in [2.24, 2.45) is 5.92 Å². The van der Waals surface area contributed by atoms with Crippen molar-refractivity contribution in [1.29, 1.82) is 0 Å². The monoisotopic (exact) mass is 309 g/mol. The molecule has 0 radical (unpaired) electrons. The van der Waals surface area contributed by atoms with Gasteiger partial charge in [0.25, 0.3) is 5.91 Å². The highest BCUT2D eigenvalue weighted by Crippen LogP contribution is 2.24. The minimum absolute atomic E-state index is 0.0599. The lowest BCUT2D eigenvalue weighted by Gasteiger charge is -2.27. The molecule has 0 saturated heterocycles. The summed E-state index contributed by atoms with van der Waals surface area (Å²) in [4.78, 5) is 12.2. The topological polar surface area (TPSA) is 29.1 Å². The molecule has 0 aromatic heterocycles. The summed E-state index contributed by atoms with van der Waals surface area (Å²) in [5.41, 5.74) is 1.86. The van der Waals surface area contributed by atoms with Crippen molar-refractivity contribution in [1.82, 2.24) is 5.32 Å². The number of carbonyl (C=O) groups is 1. The summed E-state index contributed by atoms with van der Waals surface area (Å²) >= 11 is 3.45. The van der Waals surface area contributed by atoms with Crippen molar-refractivity contribution >= 4 is 21.8 Å². The molecule has 1 aromatic rings. The number of rotatable bonds is 2. The van der Waals surface area contributed by atoms with E-state index in [0.717, 1.165) is 34.4 Å². The summed E-state index contributed by atoms with van der Waals surface area (Å²) in [5, 5.41) is 3.16. The third-order valence-corrected chi connectivity index (χ3v) is 4.58. The van der Waals surface area contributed by atoms with Gasteiger partial charge in [-0.25, -0.2) is 0 Å². The molecule has 2 rings (SSSR count). The highest BCUT2D eigenvalue weighted by atomic mass is 79.9. The molecule has 0 spiro atoms. The van der Waals surface area contributed by atoms with Crippen LogP contribution < -0.4 is 5.32 Å². The van der Waals surface area contributed by atoms with Crippen molar-refractivity contribution < 1.29 is 4.79 Å². The molecule has 2 atom stereocenters. The first-order chi connectivity index (χ1) is 8.56. The van der Waals surface area contributed by atoms with E-state index in [2.05, 4.69) is 28.2 Å². The Morgan fingerprint density at radius 3 is 2.83 bits per heavy atom. The Hall–Kier alpha value is -0.830. The molecule has 1 saturated carbocycles. The first-order valence-corrected chi connectivity index (χ1v) is 7.42. The second kappa shape index (κ2) is 5.87. The molecular weight excluding hydrogens is 290 g/mol. The molecule has 1 aromatic carbocycles. The molecular formula is C15H20BrNO. The van der Waals surface area contributed by atoms with E-state index < -0.39 is 0 Å². The number of benzene rings is 1. The molecule has 2 unspecified atom stereocenters. The quantitative estimate of drug-likeness (QED) is 0.876. The summed E-state index contributed by atoms with van der Waals surface area (Å²) in [6.45, 7) is 4.27. The summed E-state index contributed by atoms with van der Waals surface area (Å²) in [6, 6.07) is 6.10. The lowest BCUT2D eigenvalue weighted by Crippen LogP contribution is -2.37. The Morgan fingerprint density at radius 2 is 2.17 bits per heavy atom. The third kappa shape index (κ3) is 3.35. The van der Waals surface area contributed by atoms with Crippen LogP contribution in [-0.4, -0.2) is 11.9 Å². The number of amides is 1. The first kappa shape index (κ1) is 13.6. The number of hydrogen-bond acceptors (Lipinski definition) is 1. The number of carbonyl (C=O) groups excluding carboxylic acids is 1. The van der Waals surface area contributed by atoms with Crippen LogP contribution in [0.1, 0.15) is 48.5 Å². The second-order valence-electron chi connectivity index (χ2n) is 5.41. The van der Waals surface area contributed by atoms with Gasteiger partial charge in [-0.1, -0.05) is 35.7 Å². The Kier molecular flexibility index (Phi) is 4.44. The molecule has 0 bridgehead atoms. The van der Waals surface area contributed by atoms with Crippen LogP contribution >= 0.6 is 15.9 Å². The van der Waals surface area contributed by atoms with Crippen molar-refractivity contribution in [3.05, 3.63) is 33.8 Å². The van der Waals surface area contributed by atoms with Crippen molar-refractivity contribution in [2.75, 3.05) is 0 Å². The second-order valence-corrected chi connectivity index (χ2v) is 6.26. The maximum Gasteiger partial charge on any atom is 0.251 e. The SMILES string of the molecule is Cc1cc(C(=O)NC2CCCC(C)C2)ccc1Br. The minimum Gasteiger partial charge on any atom is -0.349 e. The fourth-order valence-corrected chi connectivity index (χ4v) is 2.87. The maximum absolute atomic E-state index is 12.2. The summed E-state index contributed by atoms with van der Waals surface area (Å²) in [6.07, 6.45) is 4.75. The van der Waals surface area contributed by atoms with Crippen LogP contribution in [0.4, 0.5) is 0 Å². The first-order valence-electron chi connectivity index (χ1n) is 6.63. The molecule has 1 aliphatic rings. The van der Waals surface area contributed by atoms with Crippen molar-refractivity contribution in [3.8, 4) is 0 Å². The molecule has 2 nitrogen and oxygen atoms in total. The van der Waals surface area contributed by atoms with Crippen LogP contribution in [0.25, 0.3) is 0 Å². The molecule has 18 heavy (non-hydrogen) atoms. The smallest absolute Gasteiger partial charge is 0.251 e. The van der Waals surface area contributed by atoms with E-state index in [1.807, 2.05) is 25.1 Å². The van der Waals surface area contributed by atoms with E-state index >= 15 is 0 Å². The minimum atomic E-state index is 0.0599. The van der Waals surface area contributed by atoms with E-state index in [1.54, 1.807) is 0 Å². The van der Waals surface area contributed by atoms with Crippen LogP contribution in [-0.2, 0) is 0 Å². The maximum atomic E-state index is 12.2. The van der Waals surface area contributed by atoms with E-state index in [0.29, 0.717) is 6.04 Å². The van der Waals surface area contributed by atoms with Gasteiger partial charge < -0.3 is 5.32 Å². The highest BCUT2D eigenvalue weighted by Gasteiger charge is 2.20. The van der Waals surface area contributed by atoms with Crippen LogP contribution in [0.3, 0.4) is 0 Å². The van der Waals surface area contributed by atoms with Gasteiger partial charge in [0.2, 0.25) is 0 Å². The average Bonchev–Trinajstić information content (AvgIpc) is 2.32. The van der Waals surface area contributed by atoms with Crippen molar-refractivity contribution in [2.45, 2.75) is 45.6 Å². The predicted molar refractivity (Wildman–Crippen MR) is 77.8 cm³/mol. The van der Waals surface area contributed by atoms with Crippen molar-refractivity contribution in [3.63, 3.8) is 0 Å². The molecule has 1 aliphatic carbocycles. The Labute approximate surface area is 117 Å². The van der Waals surface area contributed by atoms with E-state index in [-0.39, 0.29) is 5.91 Å². The van der Waals surface area contributed by atoms with Gasteiger partial charge in [0.15, 0.2) is 0 Å². The van der Waals surface area contributed by atoms with E-state index in [4.69, 9.17) is 0 Å². The lowest BCUT2D eigenvalue weighted by molar-refractivity contribution is 0.0921. The van der Waals surface area contributed by atoms with E-state index in [1.165, 1.54) is 12.8 Å². The fourth-order valence-electron chi connectivity index (χ4n) is 2.62. The van der Waals surface area contributed by atoms with Crippen LogP contribution in [0, 0.1) is 12.8 Å². The van der Waals surface area contributed by atoms with Gasteiger partial charge in [0.05, 0.1) is 0 Å². The van der Waals surface area contributed by atoms with Gasteiger partial charge in [-0.15, -0.1) is 0 Å². The van der Waals surface area contributed by atoms with Gasteiger partial charge >= 0.3 is 0 Å². The Bertz CT molecular complexity index is 444. The van der Waals surface area contributed by atoms with Gasteiger partial charge in [0.1, 0.15) is 0 Å². The zero-order valence-electron chi connectivity index (χ0n) is 11.0. The van der Waals surface area contributed by atoms with Gasteiger partial charge in [0, 0.05) is 16.1 Å². The van der Waals surface area contributed by atoms with Gasteiger partial charge in [-0.05, 0) is 49.4 Å². The Balaban J connectivity index is 2.00. The molecule has 0 aliphatic heterocycles. The van der Waals surface area contributed by atoms with Crippen LogP contribution in [0.5, 0.6) is 0 Å². The average molecular weight is 310 g/mol. The number of aryl methyl sites for hydroxylation is 1. The summed E-state index contributed by atoms with van der Waals surface area (Å²) in [5.74, 6) is 0.792. The van der Waals surface area contributed by atoms with Crippen LogP contribution in [0.15, 0.2) is 22.7 Å². The standard InChI is InChI=1S/C15H20BrNO/c1-10-4-3-5-13(8-10)17-15(18)12-6-7-14(16)11(2)9-12/h6-7,9-10,13H,3-5,8H2,1-2H3,(H,17,18). The molecule has 1 fully saturated rings. The number of halogens is 1. The Morgan fingerprint density at radius 1 is 1.39 bits per heavy atom. The third-order valence-electron chi connectivity index (χ3n) is 3.69. The highest BCUT2D eigenvalue weighted by molar-refractivity contribution is 9.10. The summed E-state index contributed by atoms with van der Waals surface area (Å²) in [7, 11) is 0.